The molecular formula is C7H8BN2. The van der Waals surface area contributed by atoms with Crippen molar-refractivity contribution in [2.24, 2.45) is 0 Å². The second-order valence-corrected chi connectivity index (χ2v) is 2.56. The number of nitrogens with one attached hydrogen (secondary N) is 1. The molecule has 1 N–H and O–H groups in total. The van der Waals surface area contributed by atoms with Gasteiger partial charge in [0.05, 0.1) is 0 Å². The van der Waals surface area contributed by atoms with Gasteiger partial charge in [-0.2, -0.15) is 0 Å². The van der Waals surface area contributed by atoms with E-state index >= 15 is 0 Å². The summed E-state index contributed by atoms with van der Waals surface area (Å²) in [5.74, 6) is 0.458. The molecule has 2 heterocycles. The molecule has 0 aliphatic carbocycles. The third-order valence-electron chi connectivity index (χ3n) is 1.67. The summed E-state index contributed by atoms with van der Waals surface area (Å²) in [6.07, 6.45) is 3.67. The minimum absolute atomic E-state index is 0.458. The highest BCUT2D eigenvalue weighted by atomic mass is 14.9. The number of nitrogens with zero attached hydrogens (tertiary/aromatic N) is 1. The highest BCUT2D eigenvalue weighted by Gasteiger charge is 2.16. The third-order valence-corrected chi connectivity index (χ3v) is 1.67. The van der Waals surface area contributed by atoms with Crippen LogP contribution in [-0.2, 0) is 0 Å². The Morgan fingerprint density at radius 3 is 3.40 bits per heavy atom. The van der Waals surface area contributed by atoms with Crippen LogP contribution in [0, 0.1) is 0 Å². The molecule has 1 aliphatic heterocycles. The van der Waals surface area contributed by atoms with Crippen molar-refractivity contribution in [1.82, 2.24) is 4.98 Å². The van der Waals surface area contributed by atoms with E-state index in [2.05, 4.69) is 24.5 Å². The highest BCUT2D eigenvalue weighted by Crippen LogP contribution is 2.08. The zero-order chi connectivity index (χ0) is 6.97. The van der Waals surface area contributed by atoms with E-state index in [1.54, 1.807) is 0 Å². The van der Waals surface area contributed by atoms with E-state index in [4.69, 9.17) is 0 Å². The molecule has 2 rings (SSSR count). The molecule has 0 aromatic carbocycles. The lowest BCUT2D eigenvalue weighted by Gasteiger charge is -2.00. The van der Waals surface area contributed by atoms with Gasteiger partial charge in [-0.15, -0.1) is 0 Å². The minimum atomic E-state index is 0.458. The summed E-state index contributed by atoms with van der Waals surface area (Å²) in [5.41, 5.74) is 2.41. The number of hydrogen-bond acceptors (Lipinski definition) is 2. The first-order chi connectivity index (χ1) is 4.86. The van der Waals surface area contributed by atoms with Gasteiger partial charge in [-0.05, 0) is 12.0 Å². The number of aromatic nitrogens is 1. The van der Waals surface area contributed by atoms with Crippen LogP contribution in [-0.4, -0.2) is 18.2 Å². The molecule has 1 aromatic rings. The zero-order valence-electron chi connectivity index (χ0n) is 5.83. The second-order valence-electron chi connectivity index (χ2n) is 2.56. The lowest BCUT2D eigenvalue weighted by Crippen LogP contribution is -2.19. The van der Waals surface area contributed by atoms with Gasteiger partial charge in [0.2, 0.25) is 0 Å². The molecule has 0 bridgehead atoms. The molecule has 49 valence electrons. The first-order valence-corrected chi connectivity index (χ1v) is 3.42. The lowest BCUT2D eigenvalue weighted by molar-refractivity contribution is 1.12. The van der Waals surface area contributed by atoms with Gasteiger partial charge in [0, 0.05) is 18.1 Å². The van der Waals surface area contributed by atoms with Crippen LogP contribution in [0.15, 0.2) is 18.5 Å². The molecular weight excluding hydrogens is 123 g/mol. The molecule has 1 atom stereocenters. The van der Waals surface area contributed by atoms with Gasteiger partial charge in [-0.3, -0.25) is 4.98 Å². The molecule has 0 saturated carbocycles. The van der Waals surface area contributed by atoms with Crippen molar-refractivity contribution in [1.29, 1.82) is 0 Å². The Balaban J connectivity index is 2.42. The van der Waals surface area contributed by atoms with Crippen molar-refractivity contribution in [3.8, 4) is 0 Å². The number of fused-ring (bicyclic) bond motifs is 1. The second kappa shape index (κ2) is 2.01. The quantitative estimate of drug-likeness (QED) is 0.508. The van der Waals surface area contributed by atoms with Crippen LogP contribution in [0.4, 0.5) is 5.69 Å². The molecule has 1 aliphatic rings. The Morgan fingerprint density at radius 2 is 2.60 bits per heavy atom. The van der Waals surface area contributed by atoms with E-state index in [1.807, 2.05) is 18.5 Å². The van der Waals surface area contributed by atoms with Gasteiger partial charge in [0.15, 0.2) is 7.28 Å². The fourth-order valence-electron chi connectivity index (χ4n) is 1.23. The Kier molecular flexibility index (Phi) is 1.16. The maximum absolute atomic E-state index is 4.01. The maximum atomic E-state index is 4.01. The van der Waals surface area contributed by atoms with Crippen LogP contribution < -0.4 is 10.8 Å². The Labute approximate surface area is 60.9 Å². The Bertz CT molecular complexity index is 224. The number of anilines is 1. The Hall–Kier alpha value is -0.985. The predicted octanol–water partition coefficient (Wildman–Crippen LogP) is 0.183. The van der Waals surface area contributed by atoms with Gasteiger partial charge < -0.3 is 5.32 Å². The number of pyridine rings is 1. The van der Waals surface area contributed by atoms with Gasteiger partial charge in [-0.25, -0.2) is 0 Å². The SMILES string of the molecule is CC1[B]c2ccncc2N1. The maximum Gasteiger partial charge on any atom is 0.183 e. The molecule has 0 amide bonds. The molecule has 0 fully saturated rings. The van der Waals surface area contributed by atoms with Crippen LogP contribution in [0.1, 0.15) is 6.92 Å². The Morgan fingerprint density at radius 1 is 1.70 bits per heavy atom. The van der Waals surface area contributed by atoms with Crippen LogP contribution in [0.25, 0.3) is 0 Å². The van der Waals surface area contributed by atoms with Gasteiger partial charge in [0.25, 0.3) is 0 Å². The predicted molar refractivity (Wildman–Crippen MR) is 42.7 cm³/mol. The van der Waals surface area contributed by atoms with E-state index in [1.165, 1.54) is 5.46 Å². The summed E-state index contributed by atoms with van der Waals surface area (Å²) in [4.78, 5) is 4.01. The fraction of sp³-hybridized carbons (Fsp3) is 0.286. The minimum Gasteiger partial charge on any atom is -0.389 e. The number of hydrogen-bond donors (Lipinski definition) is 1. The molecule has 0 spiro atoms. The van der Waals surface area contributed by atoms with Crippen molar-refractivity contribution in [3.63, 3.8) is 0 Å². The van der Waals surface area contributed by atoms with Crippen molar-refractivity contribution >= 4 is 18.4 Å². The molecule has 1 radical (unpaired) electrons. The molecule has 2 nitrogen and oxygen atoms in total. The zero-order valence-corrected chi connectivity index (χ0v) is 5.83. The van der Waals surface area contributed by atoms with Crippen molar-refractivity contribution in [3.05, 3.63) is 18.5 Å². The summed E-state index contributed by atoms with van der Waals surface area (Å²) in [6, 6.07) is 2.02. The summed E-state index contributed by atoms with van der Waals surface area (Å²) in [6.45, 7) is 2.12. The first kappa shape index (κ1) is 5.77. The highest BCUT2D eigenvalue weighted by molar-refractivity contribution is 6.59. The molecule has 1 aromatic heterocycles. The van der Waals surface area contributed by atoms with E-state index < -0.39 is 0 Å². The van der Waals surface area contributed by atoms with Gasteiger partial charge in [0.1, 0.15) is 0 Å². The van der Waals surface area contributed by atoms with Crippen LogP contribution in [0.3, 0.4) is 0 Å². The summed E-state index contributed by atoms with van der Waals surface area (Å²) >= 11 is 0. The molecule has 0 saturated heterocycles. The molecule has 1 unspecified atom stereocenters. The van der Waals surface area contributed by atoms with Crippen molar-refractivity contribution in [2.75, 3.05) is 5.32 Å². The summed E-state index contributed by atoms with van der Waals surface area (Å²) in [5, 5.41) is 3.28. The lowest BCUT2D eigenvalue weighted by atomic mass is 9.67. The largest absolute Gasteiger partial charge is 0.389 e. The van der Waals surface area contributed by atoms with Gasteiger partial charge >= 0.3 is 0 Å². The van der Waals surface area contributed by atoms with Crippen molar-refractivity contribution < 1.29 is 0 Å². The summed E-state index contributed by atoms with van der Waals surface area (Å²) in [7, 11) is 2.19. The van der Waals surface area contributed by atoms with Crippen molar-refractivity contribution in [2.45, 2.75) is 12.9 Å². The van der Waals surface area contributed by atoms with Crippen LogP contribution in [0.5, 0.6) is 0 Å². The normalized spacial score (nSPS) is 21.1. The monoisotopic (exact) mass is 131 g/mol. The average molecular weight is 131 g/mol. The van der Waals surface area contributed by atoms with E-state index in [9.17, 15) is 0 Å². The number of rotatable bonds is 0. The van der Waals surface area contributed by atoms with Crippen LogP contribution in [0.2, 0.25) is 0 Å². The average Bonchev–Trinajstić information content (AvgIpc) is 2.27. The standard InChI is InChI=1S/C7H8BN2/c1-5-8-6-2-3-9-4-7(6)10-5/h2-5,10H,1H3. The summed E-state index contributed by atoms with van der Waals surface area (Å²) < 4.78 is 0. The third kappa shape index (κ3) is 0.782. The fourth-order valence-corrected chi connectivity index (χ4v) is 1.23. The topological polar surface area (TPSA) is 24.9 Å². The van der Waals surface area contributed by atoms with E-state index in [0.717, 1.165) is 5.69 Å². The van der Waals surface area contributed by atoms with Gasteiger partial charge in [-0.1, -0.05) is 12.4 Å². The van der Waals surface area contributed by atoms with E-state index in [0.29, 0.717) is 5.94 Å². The molecule has 10 heavy (non-hydrogen) atoms. The first-order valence-electron chi connectivity index (χ1n) is 3.42. The van der Waals surface area contributed by atoms with E-state index in [-0.39, 0.29) is 0 Å². The molecule has 3 heteroatoms. The van der Waals surface area contributed by atoms with Crippen LogP contribution >= 0.6 is 0 Å². The smallest absolute Gasteiger partial charge is 0.183 e.